The SMILES string of the molecule is [C-]#[N+]c1cc(F)c(Nc2ccc3c(c2)n(C[C@@H]2CNC(=O)O2)c(=O)n3C)nc1N1CC(N2C(=O)c3ccccc3C2=O)C(F)(F)[C@H](C)C1. The molecule has 0 radical (unpaired) electrons. The lowest BCUT2D eigenvalue weighted by atomic mass is 9.89. The molecule has 3 atom stereocenters. The van der Waals surface area contributed by atoms with Gasteiger partial charge in [-0.2, -0.15) is 0 Å². The summed E-state index contributed by atoms with van der Waals surface area (Å²) in [5.74, 6) is -7.86. The lowest BCUT2D eigenvalue weighted by Gasteiger charge is -2.45. The number of aromatic nitrogens is 3. The Morgan fingerprint density at radius 3 is 2.42 bits per heavy atom. The third-order valence-electron chi connectivity index (χ3n) is 9.02. The van der Waals surface area contributed by atoms with Gasteiger partial charge in [-0.15, -0.1) is 0 Å². The second-order valence-electron chi connectivity index (χ2n) is 12.0. The Kier molecular flexibility index (Phi) is 7.15. The largest absolute Gasteiger partial charge is 0.442 e. The minimum Gasteiger partial charge on any atom is -0.442 e. The van der Waals surface area contributed by atoms with Crippen molar-refractivity contribution in [3.05, 3.63) is 87.4 Å². The number of alkyl halides is 2. The maximum absolute atomic E-state index is 15.7. The maximum Gasteiger partial charge on any atom is 0.407 e. The Balaban J connectivity index is 1.22. The number of benzene rings is 2. The number of carbonyl (C=O) groups excluding carboxylic acids is 3. The van der Waals surface area contributed by atoms with Gasteiger partial charge in [-0.05, 0) is 36.4 Å². The quantitative estimate of drug-likeness (QED) is 0.234. The summed E-state index contributed by atoms with van der Waals surface area (Å²) in [7, 11) is 1.59. The van der Waals surface area contributed by atoms with Crippen molar-refractivity contribution in [2.24, 2.45) is 13.0 Å². The van der Waals surface area contributed by atoms with Crippen molar-refractivity contribution in [2.45, 2.75) is 31.5 Å². The highest BCUT2D eigenvalue weighted by Crippen LogP contribution is 2.43. The van der Waals surface area contributed by atoms with Crippen molar-refractivity contribution in [1.82, 2.24) is 24.3 Å². The van der Waals surface area contributed by atoms with E-state index in [9.17, 15) is 19.2 Å². The molecule has 2 N–H and O–H groups in total. The van der Waals surface area contributed by atoms with Gasteiger partial charge >= 0.3 is 11.8 Å². The van der Waals surface area contributed by atoms with Crippen molar-refractivity contribution in [3.63, 3.8) is 0 Å². The molecule has 2 aromatic heterocycles. The predicted octanol–water partition coefficient (Wildman–Crippen LogP) is 4.03. The number of aryl methyl sites for hydroxylation is 1. The average molecular weight is 661 g/mol. The Morgan fingerprint density at radius 2 is 1.77 bits per heavy atom. The lowest BCUT2D eigenvalue weighted by Crippen LogP contribution is -2.63. The molecule has 2 aromatic carbocycles. The molecule has 0 aliphatic carbocycles. The minimum atomic E-state index is -3.48. The molecule has 3 aliphatic rings. The molecular formula is C32H27F3N8O5. The van der Waals surface area contributed by atoms with Crippen LogP contribution >= 0.6 is 0 Å². The molecular weight excluding hydrogens is 633 g/mol. The zero-order valence-corrected chi connectivity index (χ0v) is 25.5. The number of fused-ring (bicyclic) bond motifs is 2. The minimum absolute atomic E-state index is 0.0260. The van der Waals surface area contributed by atoms with Gasteiger partial charge in [0.25, 0.3) is 17.7 Å². The van der Waals surface area contributed by atoms with Crippen LogP contribution in [0, 0.1) is 18.3 Å². The topological polar surface area (TPSA) is 135 Å². The van der Waals surface area contributed by atoms with E-state index < -0.39 is 54.3 Å². The zero-order chi connectivity index (χ0) is 34.1. The molecule has 0 spiro atoms. The summed E-state index contributed by atoms with van der Waals surface area (Å²) in [6, 6.07) is 9.76. The van der Waals surface area contributed by atoms with E-state index in [1.165, 1.54) is 33.1 Å². The van der Waals surface area contributed by atoms with Gasteiger partial charge in [0.1, 0.15) is 18.0 Å². The number of nitrogens with one attached hydrogen (secondary N) is 2. The number of ether oxygens (including phenoxy) is 1. The van der Waals surface area contributed by atoms with Gasteiger partial charge in [0.2, 0.25) is 5.69 Å². The first-order valence-electron chi connectivity index (χ1n) is 15.0. The van der Waals surface area contributed by atoms with E-state index in [0.717, 1.165) is 6.07 Å². The summed E-state index contributed by atoms with van der Waals surface area (Å²) in [6.07, 6.45) is -1.17. The highest BCUT2D eigenvalue weighted by Gasteiger charge is 2.57. The third kappa shape index (κ3) is 4.81. The van der Waals surface area contributed by atoms with E-state index in [-0.39, 0.29) is 53.8 Å². The highest BCUT2D eigenvalue weighted by atomic mass is 19.3. The number of imide groups is 1. The Labute approximate surface area is 270 Å². The van der Waals surface area contributed by atoms with E-state index in [2.05, 4.69) is 20.5 Å². The summed E-state index contributed by atoms with van der Waals surface area (Å²) in [5, 5.41) is 5.41. The standard InChI is InChI=1S/C32H27F3N8O5/c1-16-13-41(15-25(32(16,34)35)43-28(44)19-6-4-5-7-20(19)29(43)45)27-22(36-2)11-21(33)26(39-27)38-17-8-9-23-24(10-17)42(31(47)40(23)3)14-18-12-37-30(46)48-18/h4-11,16,18,25H,12-15H2,1,3H3,(H,37,46)(H,38,39)/t16-,18+,25?/m1/s1. The number of anilines is 3. The number of piperidine rings is 1. The number of rotatable bonds is 6. The second-order valence-corrected chi connectivity index (χ2v) is 12.0. The van der Waals surface area contributed by atoms with Crippen LogP contribution < -0.4 is 21.2 Å². The monoisotopic (exact) mass is 660 g/mol. The van der Waals surface area contributed by atoms with Crippen LogP contribution in [0.4, 0.5) is 41.0 Å². The first-order chi connectivity index (χ1) is 22.9. The smallest absolute Gasteiger partial charge is 0.407 e. The molecule has 4 aromatic rings. The molecule has 2 fully saturated rings. The molecule has 48 heavy (non-hydrogen) atoms. The number of halogens is 3. The number of hydrogen-bond donors (Lipinski definition) is 2. The van der Waals surface area contributed by atoms with Gasteiger partial charge < -0.3 is 20.3 Å². The van der Waals surface area contributed by atoms with E-state index in [4.69, 9.17) is 11.3 Å². The van der Waals surface area contributed by atoms with E-state index >= 15 is 13.2 Å². The molecule has 16 heteroatoms. The Hall–Kier alpha value is -5.85. The van der Waals surface area contributed by atoms with Crippen LogP contribution in [0.5, 0.6) is 0 Å². The van der Waals surface area contributed by atoms with Crippen LogP contribution in [-0.4, -0.2) is 74.6 Å². The van der Waals surface area contributed by atoms with Gasteiger partial charge in [-0.25, -0.2) is 32.6 Å². The van der Waals surface area contributed by atoms with Crippen molar-refractivity contribution in [2.75, 3.05) is 29.9 Å². The summed E-state index contributed by atoms with van der Waals surface area (Å²) >= 11 is 0. The summed E-state index contributed by atoms with van der Waals surface area (Å²) in [4.78, 5) is 60.6. The average Bonchev–Trinajstić information content (AvgIpc) is 3.67. The fraction of sp³-hybridized carbons (Fsp3) is 0.312. The summed E-state index contributed by atoms with van der Waals surface area (Å²) < 4.78 is 54.9. The number of imidazole rings is 1. The third-order valence-corrected chi connectivity index (χ3v) is 9.02. The van der Waals surface area contributed by atoms with E-state index in [1.807, 2.05) is 0 Å². The van der Waals surface area contributed by atoms with Crippen molar-refractivity contribution >= 4 is 52.0 Å². The summed E-state index contributed by atoms with van der Waals surface area (Å²) in [5.41, 5.74) is 0.785. The van der Waals surface area contributed by atoms with Gasteiger partial charge in [-0.3, -0.25) is 23.6 Å². The van der Waals surface area contributed by atoms with Crippen molar-refractivity contribution < 1.29 is 32.3 Å². The van der Waals surface area contributed by atoms with Crippen LogP contribution in [0.25, 0.3) is 15.9 Å². The predicted molar refractivity (Wildman–Crippen MR) is 166 cm³/mol. The molecule has 1 unspecified atom stereocenters. The summed E-state index contributed by atoms with van der Waals surface area (Å²) in [6.45, 7) is 8.38. The normalized spacial score (nSPS) is 21.7. The van der Waals surface area contributed by atoms with Gasteiger partial charge in [0.15, 0.2) is 11.6 Å². The number of amides is 3. The number of carbonyl (C=O) groups is 3. The first-order valence-corrected chi connectivity index (χ1v) is 15.0. The first kappa shape index (κ1) is 30.8. The van der Waals surface area contributed by atoms with E-state index in [1.54, 1.807) is 37.4 Å². The lowest BCUT2D eigenvalue weighted by molar-refractivity contribution is -0.111. The van der Waals surface area contributed by atoms with Gasteiger partial charge in [0, 0.05) is 31.7 Å². The second kappa shape index (κ2) is 11.1. The molecule has 246 valence electrons. The van der Waals surface area contributed by atoms with Gasteiger partial charge in [0.05, 0.1) is 41.8 Å². The molecule has 0 bridgehead atoms. The van der Waals surface area contributed by atoms with E-state index in [0.29, 0.717) is 21.6 Å². The molecule has 2 saturated heterocycles. The maximum atomic E-state index is 15.7. The fourth-order valence-electron chi connectivity index (χ4n) is 6.51. The number of nitrogens with zero attached hydrogens (tertiary/aromatic N) is 6. The highest BCUT2D eigenvalue weighted by molar-refractivity contribution is 6.21. The number of cyclic esters (lactones) is 1. The molecule has 0 saturated carbocycles. The van der Waals surface area contributed by atoms with Crippen molar-refractivity contribution in [3.8, 4) is 0 Å². The molecule has 3 amide bonds. The number of pyridine rings is 1. The Morgan fingerprint density at radius 1 is 1.06 bits per heavy atom. The number of alkyl carbamates (subject to hydrolysis) is 1. The Bertz CT molecular complexity index is 2110. The van der Waals surface area contributed by atoms with Crippen LogP contribution in [0.3, 0.4) is 0 Å². The van der Waals surface area contributed by atoms with Crippen LogP contribution in [0.1, 0.15) is 27.6 Å². The zero-order valence-electron chi connectivity index (χ0n) is 25.5. The molecule has 13 nitrogen and oxygen atoms in total. The molecule has 7 rings (SSSR count). The molecule has 3 aliphatic heterocycles. The fourth-order valence-corrected chi connectivity index (χ4v) is 6.51. The van der Waals surface area contributed by atoms with Crippen LogP contribution in [0.2, 0.25) is 0 Å². The molecule has 5 heterocycles. The van der Waals surface area contributed by atoms with Crippen LogP contribution in [0.15, 0.2) is 53.3 Å². The van der Waals surface area contributed by atoms with Crippen molar-refractivity contribution in [1.29, 1.82) is 0 Å². The van der Waals surface area contributed by atoms with Crippen LogP contribution in [-0.2, 0) is 18.3 Å². The van der Waals surface area contributed by atoms with Gasteiger partial charge in [-0.1, -0.05) is 19.1 Å². The number of hydrogen-bond acceptors (Lipinski definition) is 8.